The van der Waals surface area contributed by atoms with Crippen molar-refractivity contribution in [1.29, 1.82) is 0 Å². The van der Waals surface area contributed by atoms with Crippen molar-refractivity contribution in [3.05, 3.63) is 53.6 Å². The first-order valence-electron chi connectivity index (χ1n) is 7.53. The molecular formula is C15H18N3O6S2-. The molecule has 6 N–H and O–H groups in total. The number of aliphatic hydroxyl groups is 1. The van der Waals surface area contributed by atoms with Gasteiger partial charge in [0.25, 0.3) is 0 Å². The maximum absolute atomic E-state index is 10.9. The Morgan fingerprint density at radius 1 is 1.31 bits per heavy atom. The molecule has 9 nitrogen and oxygen atoms in total. The minimum Gasteiger partial charge on any atom is -0.755 e. The highest BCUT2D eigenvalue weighted by Crippen LogP contribution is 2.49. The van der Waals surface area contributed by atoms with Gasteiger partial charge < -0.3 is 19.5 Å². The zero-order chi connectivity index (χ0) is 18.9. The average Bonchev–Trinajstić information content (AvgIpc) is 2.81. The zero-order valence-electron chi connectivity index (χ0n) is 13.4. The summed E-state index contributed by atoms with van der Waals surface area (Å²) in [4.78, 5) is 0. The number of hydrogen-bond donors (Lipinski definition) is 6. The number of benzene rings is 2. The molecule has 0 spiro atoms. The Labute approximate surface area is 154 Å². The van der Waals surface area contributed by atoms with Crippen LogP contribution in [0.3, 0.4) is 0 Å². The maximum Gasteiger partial charge on any atom is 0.142 e. The lowest BCUT2D eigenvalue weighted by Crippen LogP contribution is -2.25. The van der Waals surface area contributed by atoms with Crippen LogP contribution in [0.4, 0.5) is 11.4 Å². The Bertz CT molecular complexity index is 835. The number of nitrogens with one attached hydrogen (secondary N) is 2. The largest absolute Gasteiger partial charge is 0.755 e. The van der Waals surface area contributed by atoms with Crippen molar-refractivity contribution in [3.63, 3.8) is 0 Å². The first kappa shape index (κ1) is 18.9. The number of β-amino-alcohol motifs (C(OH)–C–C–N with tert-alkyl or cyclic N) is 1. The van der Waals surface area contributed by atoms with E-state index in [2.05, 4.69) is 9.44 Å². The molecule has 1 heterocycles. The molecule has 11 heteroatoms. The number of phenols is 1. The smallest absolute Gasteiger partial charge is 0.142 e. The molecule has 0 aliphatic carbocycles. The van der Waals surface area contributed by atoms with Gasteiger partial charge in [-0.25, -0.2) is 0 Å². The van der Waals surface area contributed by atoms with Gasteiger partial charge in [0.1, 0.15) is 17.7 Å². The minimum absolute atomic E-state index is 0.0860. The van der Waals surface area contributed by atoms with Crippen LogP contribution in [0.1, 0.15) is 11.1 Å². The molecule has 0 aromatic heterocycles. The van der Waals surface area contributed by atoms with Crippen LogP contribution in [0.5, 0.6) is 5.75 Å². The molecule has 0 radical (unpaired) electrons. The van der Waals surface area contributed by atoms with Crippen LogP contribution in [0.2, 0.25) is 0 Å². The van der Waals surface area contributed by atoms with Crippen molar-refractivity contribution in [2.24, 2.45) is 0 Å². The Morgan fingerprint density at radius 2 is 2.04 bits per heavy atom. The van der Waals surface area contributed by atoms with Gasteiger partial charge in [-0.3, -0.25) is 17.6 Å². The van der Waals surface area contributed by atoms with E-state index in [-0.39, 0.29) is 18.0 Å². The molecule has 142 valence electrons. The van der Waals surface area contributed by atoms with Gasteiger partial charge in [0.15, 0.2) is 0 Å². The summed E-state index contributed by atoms with van der Waals surface area (Å²) >= 11 is -2.45. The lowest BCUT2D eigenvalue weighted by Gasteiger charge is -2.36. The zero-order valence-corrected chi connectivity index (χ0v) is 15.0. The molecule has 3 rings (SSSR count). The van der Waals surface area contributed by atoms with Gasteiger partial charge in [0.2, 0.25) is 0 Å². The summed E-state index contributed by atoms with van der Waals surface area (Å²) < 4.78 is 47.3. The fourth-order valence-corrected chi connectivity index (χ4v) is 4.48. The second-order valence-corrected chi connectivity index (χ2v) is 8.09. The number of aliphatic hydroxyl groups excluding tert-OH is 1. The second-order valence-electron chi connectivity index (χ2n) is 5.71. The molecule has 0 saturated carbocycles. The van der Waals surface area contributed by atoms with E-state index < -0.39 is 28.5 Å². The van der Waals surface area contributed by atoms with E-state index in [1.54, 1.807) is 30.3 Å². The summed E-state index contributed by atoms with van der Waals surface area (Å²) in [5.74, 6) is -0.184. The van der Waals surface area contributed by atoms with Gasteiger partial charge in [-0.1, -0.05) is 35.2 Å². The Kier molecular flexibility index (Phi) is 5.39. The van der Waals surface area contributed by atoms with Crippen LogP contribution < -0.4 is 13.7 Å². The van der Waals surface area contributed by atoms with E-state index in [9.17, 15) is 28.1 Å². The van der Waals surface area contributed by atoms with E-state index in [0.29, 0.717) is 23.2 Å². The molecule has 1 aliphatic rings. The van der Waals surface area contributed by atoms with E-state index >= 15 is 0 Å². The van der Waals surface area contributed by atoms with Crippen molar-refractivity contribution in [1.82, 2.24) is 4.72 Å². The molecule has 0 bridgehead atoms. The minimum atomic E-state index is -3.41. The lowest BCUT2D eigenvalue weighted by molar-refractivity contribution is 0.182. The maximum atomic E-state index is 10.9. The normalized spacial score (nSPS) is 21.4. The summed E-state index contributed by atoms with van der Waals surface area (Å²) in [5, 5.41) is 19.8. The van der Waals surface area contributed by atoms with E-state index in [1.165, 1.54) is 12.1 Å². The number of hydrogen-bond acceptors (Lipinski definition) is 8. The number of rotatable bonds is 5. The van der Waals surface area contributed by atoms with Gasteiger partial charge in [-0.05, 0) is 35.7 Å². The number of anilines is 2. The molecular weight excluding hydrogens is 382 g/mol. The standard InChI is InChI=1S/C15H19N3O6S2/c19-14-8-10(7-11-3-1-2-4-12(11)16-25(21)22)5-6-13(14)18-9-15(20)17-26(18,23)24/h1-6,8,15-17,19-20,23-24H,7,9H2,(H,21,22)/p-1. The fourth-order valence-electron chi connectivity index (χ4n) is 2.75. The fraction of sp³-hybridized carbons (Fsp3) is 0.200. The van der Waals surface area contributed by atoms with Crippen LogP contribution in [-0.4, -0.2) is 40.9 Å². The SMILES string of the molecule is O=S([O-])Nc1ccccc1Cc1ccc(N2CC(O)NS2(O)O)c(O)c1. The highest BCUT2D eigenvalue weighted by atomic mass is 32.3. The summed E-state index contributed by atoms with van der Waals surface area (Å²) in [6.07, 6.45) is -0.768. The third kappa shape index (κ3) is 4.10. The van der Waals surface area contributed by atoms with Gasteiger partial charge in [0.05, 0.1) is 6.54 Å². The summed E-state index contributed by atoms with van der Waals surface area (Å²) in [6, 6.07) is 11.5. The molecule has 2 atom stereocenters. The van der Waals surface area contributed by atoms with E-state index in [1.807, 2.05) is 0 Å². The summed E-state index contributed by atoms with van der Waals surface area (Å²) in [7, 11) is -3.41. The highest BCUT2D eigenvalue weighted by molar-refractivity contribution is 8.24. The number of phenolic OH excluding ortho intramolecular Hbond substituents is 1. The van der Waals surface area contributed by atoms with Crippen LogP contribution >= 0.6 is 11.0 Å². The molecule has 2 aromatic rings. The Balaban J connectivity index is 1.84. The third-order valence-corrected chi connectivity index (χ3v) is 5.79. The van der Waals surface area contributed by atoms with Gasteiger partial charge in [0, 0.05) is 17.0 Å². The van der Waals surface area contributed by atoms with Crippen molar-refractivity contribution in [2.75, 3.05) is 15.6 Å². The average molecular weight is 400 g/mol. The van der Waals surface area contributed by atoms with Crippen LogP contribution in [-0.2, 0) is 17.7 Å². The summed E-state index contributed by atoms with van der Waals surface area (Å²) in [5.41, 5.74) is 2.02. The lowest BCUT2D eigenvalue weighted by atomic mass is 10.0. The van der Waals surface area contributed by atoms with E-state index in [4.69, 9.17) is 0 Å². The van der Waals surface area contributed by atoms with Gasteiger partial charge >= 0.3 is 0 Å². The molecule has 2 aromatic carbocycles. The highest BCUT2D eigenvalue weighted by Gasteiger charge is 2.36. The number of nitrogens with zero attached hydrogens (tertiary/aromatic N) is 1. The number of para-hydroxylation sites is 1. The van der Waals surface area contributed by atoms with Gasteiger partial charge in [-0.15, -0.1) is 0 Å². The van der Waals surface area contributed by atoms with Crippen molar-refractivity contribution in [2.45, 2.75) is 12.6 Å². The number of aromatic hydroxyl groups is 1. The third-order valence-electron chi connectivity index (χ3n) is 3.85. The molecule has 2 unspecified atom stereocenters. The monoisotopic (exact) mass is 400 g/mol. The van der Waals surface area contributed by atoms with Crippen molar-refractivity contribution < 1.29 is 28.1 Å². The first-order valence-corrected chi connectivity index (χ1v) is 10.1. The molecule has 0 amide bonds. The van der Waals surface area contributed by atoms with Crippen LogP contribution in [0.25, 0.3) is 0 Å². The Morgan fingerprint density at radius 3 is 2.65 bits per heavy atom. The second kappa shape index (κ2) is 7.40. The summed E-state index contributed by atoms with van der Waals surface area (Å²) in [6.45, 7) is -0.0860. The van der Waals surface area contributed by atoms with Crippen LogP contribution in [0.15, 0.2) is 42.5 Å². The van der Waals surface area contributed by atoms with Gasteiger partial charge in [-0.2, -0.15) is 4.72 Å². The Hall–Kier alpha value is -1.86. The predicted octanol–water partition coefficient (Wildman–Crippen LogP) is 1.50. The topological polar surface area (TPSA) is 148 Å². The van der Waals surface area contributed by atoms with Crippen molar-refractivity contribution in [3.8, 4) is 5.75 Å². The molecule has 1 aliphatic heterocycles. The molecule has 26 heavy (non-hydrogen) atoms. The van der Waals surface area contributed by atoms with Crippen LogP contribution in [0, 0.1) is 0 Å². The molecule has 1 fully saturated rings. The molecule has 1 saturated heterocycles. The quantitative estimate of drug-likeness (QED) is 0.414. The van der Waals surface area contributed by atoms with E-state index in [0.717, 1.165) is 4.31 Å². The first-order chi connectivity index (χ1) is 12.3. The van der Waals surface area contributed by atoms with Crippen molar-refractivity contribution >= 4 is 33.6 Å². The predicted molar refractivity (Wildman–Crippen MR) is 99.2 cm³/mol.